The van der Waals surface area contributed by atoms with Crippen molar-refractivity contribution in [1.82, 2.24) is 15.0 Å². The highest BCUT2D eigenvalue weighted by Crippen LogP contribution is 2.32. The van der Waals surface area contributed by atoms with Gasteiger partial charge in [0.1, 0.15) is 24.5 Å². The highest BCUT2D eigenvalue weighted by molar-refractivity contribution is 6.32. The Kier molecular flexibility index (Phi) is 5.40. The normalized spacial score (nSPS) is 10.7. The fourth-order valence-electron chi connectivity index (χ4n) is 2.96. The van der Waals surface area contributed by atoms with E-state index < -0.39 is 4.92 Å². The Hall–Kier alpha value is -3.78. The number of nitrogens with one attached hydrogen (secondary N) is 1. The number of hydrogen-bond donors (Lipinski definition) is 1. The molecule has 0 radical (unpaired) electrons. The van der Waals surface area contributed by atoms with E-state index in [1.54, 1.807) is 37.4 Å². The summed E-state index contributed by atoms with van der Waals surface area (Å²) in [5.41, 5.74) is 2.61. The highest BCUT2D eigenvalue weighted by Gasteiger charge is 2.15. The summed E-state index contributed by atoms with van der Waals surface area (Å²) >= 11 is 6.36. The number of pyridine rings is 1. The van der Waals surface area contributed by atoms with Crippen LogP contribution in [0, 0.1) is 17.0 Å². The van der Waals surface area contributed by atoms with Gasteiger partial charge >= 0.3 is 0 Å². The van der Waals surface area contributed by atoms with E-state index in [2.05, 4.69) is 20.3 Å². The number of fused-ring (bicyclic) bond motifs is 1. The molecule has 0 fully saturated rings. The van der Waals surface area contributed by atoms with Crippen LogP contribution in [0.4, 0.5) is 17.2 Å². The lowest BCUT2D eigenvalue weighted by Crippen LogP contribution is -2.00. The quantitative estimate of drug-likeness (QED) is 0.336. The first-order valence-corrected chi connectivity index (χ1v) is 9.38. The van der Waals surface area contributed by atoms with E-state index in [9.17, 15) is 10.1 Å². The maximum absolute atomic E-state index is 11.3. The average Bonchev–Trinajstić information content (AvgIpc) is 2.73. The molecule has 2 heterocycles. The first-order valence-electron chi connectivity index (χ1n) is 9.00. The minimum Gasteiger partial charge on any atom is -0.486 e. The van der Waals surface area contributed by atoms with E-state index >= 15 is 0 Å². The number of rotatable bonds is 6. The summed E-state index contributed by atoms with van der Waals surface area (Å²) in [6, 6.07) is 14.0. The van der Waals surface area contributed by atoms with E-state index in [1.807, 2.05) is 18.2 Å². The van der Waals surface area contributed by atoms with Gasteiger partial charge in [0.2, 0.25) is 0 Å². The second kappa shape index (κ2) is 8.30. The van der Waals surface area contributed by atoms with Crippen LogP contribution in [0.15, 0.2) is 61.1 Å². The monoisotopic (exact) mass is 421 g/mol. The SMILES string of the molecule is Cc1cc2ncnc(Nc3ccc(OCc4ccccn4)c(Cl)c3)c2cc1[N+](=O)[O-]. The number of aromatic nitrogens is 3. The van der Waals surface area contributed by atoms with Gasteiger partial charge in [-0.05, 0) is 43.3 Å². The number of nitro benzene ring substituents is 1. The van der Waals surface area contributed by atoms with Gasteiger partial charge in [-0.1, -0.05) is 17.7 Å². The minimum absolute atomic E-state index is 0.0108. The van der Waals surface area contributed by atoms with Gasteiger partial charge < -0.3 is 10.1 Å². The molecule has 2 aromatic carbocycles. The molecular weight excluding hydrogens is 406 g/mol. The van der Waals surface area contributed by atoms with Gasteiger partial charge in [0.15, 0.2) is 0 Å². The highest BCUT2D eigenvalue weighted by atomic mass is 35.5. The molecular formula is C21H16ClN5O3. The molecule has 9 heteroatoms. The van der Waals surface area contributed by atoms with Gasteiger partial charge in [-0.15, -0.1) is 0 Å². The van der Waals surface area contributed by atoms with Gasteiger partial charge in [0.05, 0.1) is 21.2 Å². The van der Waals surface area contributed by atoms with Crippen LogP contribution in [0.5, 0.6) is 5.75 Å². The molecule has 0 spiro atoms. The number of nitrogens with zero attached hydrogens (tertiary/aromatic N) is 4. The number of anilines is 2. The minimum atomic E-state index is -0.420. The number of nitro groups is 1. The maximum Gasteiger partial charge on any atom is 0.273 e. The number of hydrogen-bond acceptors (Lipinski definition) is 7. The molecule has 2 aromatic heterocycles. The summed E-state index contributed by atoms with van der Waals surface area (Å²) in [7, 11) is 0. The third-order valence-electron chi connectivity index (χ3n) is 4.45. The summed E-state index contributed by atoms with van der Waals surface area (Å²) < 4.78 is 5.73. The molecule has 0 amide bonds. The molecule has 4 rings (SSSR count). The summed E-state index contributed by atoms with van der Waals surface area (Å²) in [6.45, 7) is 1.98. The molecule has 0 aliphatic carbocycles. The lowest BCUT2D eigenvalue weighted by molar-refractivity contribution is -0.385. The zero-order chi connectivity index (χ0) is 21.1. The molecule has 0 aliphatic rings. The van der Waals surface area contributed by atoms with Crippen molar-refractivity contribution < 1.29 is 9.66 Å². The van der Waals surface area contributed by atoms with E-state index in [-0.39, 0.29) is 5.69 Å². The van der Waals surface area contributed by atoms with E-state index in [0.717, 1.165) is 5.69 Å². The third-order valence-corrected chi connectivity index (χ3v) is 4.74. The van der Waals surface area contributed by atoms with Crippen LogP contribution in [-0.4, -0.2) is 19.9 Å². The third kappa shape index (κ3) is 4.13. The van der Waals surface area contributed by atoms with Gasteiger partial charge in [0.25, 0.3) is 5.69 Å². The summed E-state index contributed by atoms with van der Waals surface area (Å²) in [6.07, 6.45) is 3.10. The Labute approximate surface area is 176 Å². The average molecular weight is 422 g/mol. The molecule has 0 aliphatic heterocycles. The van der Waals surface area contributed by atoms with Crippen LogP contribution in [0.1, 0.15) is 11.3 Å². The Balaban J connectivity index is 1.58. The number of halogens is 1. The number of aryl methyl sites for hydroxylation is 1. The molecule has 1 N–H and O–H groups in total. The Morgan fingerprint density at radius 3 is 2.73 bits per heavy atom. The molecule has 4 aromatic rings. The van der Waals surface area contributed by atoms with Crippen LogP contribution >= 0.6 is 11.6 Å². The smallest absolute Gasteiger partial charge is 0.273 e. The summed E-state index contributed by atoms with van der Waals surface area (Å²) in [4.78, 5) is 23.5. The molecule has 150 valence electrons. The van der Waals surface area contributed by atoms with Crippen molar-refractivity contribution in [3.63, 3.8) is 0 Å². The van der Waals surface area contributed by atoms with E-state index in [1.165, 1.54) is 12.4 Å². The topological polar surface area (TPSA) is 103 Å². The van der Waals surface area contributed by atoms with Gasteiger partial charge in [0, 0.05) is 28.9 Å². The fourth-order valence-corrected chi connectivity index (χ4v) is 3.20. The first-order chi connectivity index (χ1) is 14.5. The maximum atomic E-state index is 11.3. The number of ether oxygens (including phenoxy) is 1. The second-order valence-electron chi connectivity index (χ2n) is 6.52. The Morgan fingerprint density at radius 1 is 1.13 bits per heavy atom. The predicted octanol–water partition coefficient (Wildman–Crippen LogP) is 5.22. The van der Waals surface area contributed by atoms with Crippen LogP contribution in [0.2, 0.25) is 5.02 Å². The summed E-state index contributed by atoms with van der Waals surface area (Å²) in [5.74, 6) is 0.966. The second-order valence-corrected chi connectivity index (χ2v) is 6.92. The van der Waals surface area contributed by atoms with Gasteiger partial charge in [-0.2, -0.15) is 0 Å². The summed E-state index contributed by atoms with van der Waals surface area (Å²) in [5, 5.41) is 15.4. The van der Waals surface area contributed by atoms with Crippen molar-refractivity contribution in [3.05, 3.63) is 87.4 Å². The van der Waals surface area contributed by atoms with Crippen LogP contribution in [0.3, 0.4) is 0 Å². The predicted molar refractivity (Wildman–Crippen MR) is 114 cm³/mol. The zero-order valence-electron chi connectivity index (χ0n) is 15.9. The lowest BCUT2D eigenvalue weighted by atomic mass is 10.1. The molecule has 30 heavy (non-hydrogen) atoms. The standard InChI is InChI=1S/C21H16ClN5O3/c1-13-8-18-16(10-19(13)27(28)29)21(25-12-24-18)26-14-5-6-20(17(22)9-14)30-11-15-4-2-3-7-23-15/h2-10,12H,11H2,1H3,(H,24,25,26). The van der Waals surface area contributed by atoms with E-state index in [4.69, 9.17) is 16.3 Å². The lowest BCUT2D eigenvalue weighted by Gasteiger charge is -2.12. The Bertz CT molecular complexity index is 1230. The van der Waals surface area contributed by atoms with Crippen molar-refractivity contribution in [3.8, 4) is 5.75 Å². The van der Waals surface area contributed by atoms with Crippen LogP contribution in [-0.2, 0) is 6.61 Å². The molecule has 0 unspecified atom stereocenters. The van der Waals surface area contributed by atoms with Crippen molar-refractivity contribution >= 4 is 39.7 Å². The molecule has 0 atom stereocenters. The number of benzene rings is 2. The first kappa shape index (κ1) is 19.5. The molecule has 0 saturated heterocycles. The van der Waals surface area contributed by atoms with E-state index in [0.29, 0.717) is 45.4 Å². The largest absolute Gasteiger partial charge is 0.486 e. The zero-order valence-corrected chi connectivity index (χ0v) is 16.6. The van der Waals surface area contributed by atoms with Crippen LogP contribution in [0.25, 0.3) is 10.9 Å². The van der Waals surface area contributed by atoms with Gasteiger partial charge in [-0.25, -0.2) is 9.97 Å². The van der Waals surface area contributed by atoms with Gasteiger partial charge in [-0.3, -0.25) is 15.1 Å². The van der Waals surface area contributed by atoms with Crippen molar-refractivity contribution in [2.75, 3.05) is 5.32 Å². The van der Waals surface area contributed by atoms with Crippen molar-refractivity contribution in [2.45, 2.75) is 13.5 Å². The van der Waals surface area contributed by atoms with Crippen molar-refractivity contribution in [1.29, 1.82) is 0 Å². The molecule has 0 saturated carbocycles. The Morgan fingerprint density at radius 2 is 2.00 bits per heavy atom. The molecule has 0 bridgehead atoms. The van der Waals surface area contributed by atoms with Crippen LogP contribution < -0.4 is 10.1 Å². The molecule has 8 nitrogen and oxygen atoms in total. The fraction of sp³-hybridized carbons (Fsp3) is 0.0952. The van der Waals surface area contributed by atoms with Crippen molar-refractivity contribution in [2.24, 2.45) is 0 Å².